The van der Waals surface area contributed by atoms with Crippen LogP contribution in [0.5, 0.6) is 5.75 Å². The summed E-state index contributed by atoms with van der Waals surface area (Å²) >= 11 is 0. The molecule has 220 valence electrons. The first-order valence-electron chi connectivity index (χ1n) is 13.9. The van der Waals surface area contributed by atoms with Crippen LogP contribution in [-0.4, -0.2) is 0 Å². The lowest BCUT2D eigenvalue weighted by Gasteiger charge is -2.37. The van der Waals surface area contributed by atoms with Gasteiger partial charge in [0.15, 0.2) is 17.5 Å². The molecule has 3 aromatic carbocycles. The summed E-state index contributed by atoms with van der Waals surface area (Å²) in [6, 6.07) is 5.73. The molecule has 0 heterocycles. The van der Waals surface area contributed by atoms with Gasteiger partial charge in [0.05, 0.1) is 0 Å². The number of ether oxygens (including phenoxy) is 1. The lowest BCUT2D eigenvalue weighted by Crippen LogP contribution is -2.25. The topological polar surface area (TPSA) is 9.23 Å². The van der Waals surface area contributed by atoms with Crippen molar-refractivity contribution in [3.05, 3.63) is 88.5 Å². The van der Waals surface area contributed by atoms with Gasteiger partial charge in [0, 0.05) is 17.7 Å². The van der Waals surface area contributed by atoms with Gasteiger partial charge in [0.2, 0.25) is 0 Å². The molecule has 9 heteroatoms. The van der Waals surface area contributed by atoms with Crippen LogP contribution in [0.3, 0.4) is 0 Å². The quantitative estimate of drug-likeness (QED) is 0.208. The summed E-state index contributed by atoms with van der Waals surface area (Å²) in [5.41, 5.74) is -1.53. The molecule has 41 heavy (non-hydrogen) atoms. The third-order valence-electron chi connectivity index (χ3n) is 8.81. The van der Waals surface area contributed by atoms with Crippen molar-refractivity contribution in [2.75, 3.05) is 0 Å². The molecule has 0 amide bonds. The van der Waals surface area contributed by atoms with Crippen molar-refractivity contribution in [1.29, 1.82) is 0 Å². The molecule has 1 nitrogen and oxygen atoms in total. The minimum atomic E-state index is -4.72. The van der Waals surface area contributed by atoms with E-state index < -0.39 is 52.3 Å². The van der Waals surface area contributed by atoms with Crippen LogP contribution in [0.1, 0.15) is 75.3 Å². The highest BCUT2D eigenvalue weighted by atomic mass is 19.3. The average molecular weight is 583 g/mol. The zero-order valence-electron chi connectivity index (χ0n) is 22.4. The lowest BCUT2D eigenvalue weighted by molar-refractivity contribution is -0.189. The van der Waals surface area contributed by atoms with Crippen molar-refractivity contribution in [1.82, 2.24) is 0 Å². The fourth-order valence-corrected chi connectivity index (χ4v) is 6.50. The summed E-state index contributed by atoms with van der Waals surface area (Å²) in [5, 5.41) is 0. The van der Waals surface area contributed by atoms with Crippen LogP contribution in [0.4, 0.5) is 35.1 Å². The summed E-state index contributed by atoms with van der Waals surface area (Å²) in [4.78, 5) is 0. The summed E-state index contributed by atoms with van der Waals surface area (Å²) in [7, 11) is 0. The molecule has 2 aliphatic carbocycles. The van der Waals surface area contributed by atoms with Crippen molar-refractivity contribution in [2.24, 2.45) is 17.8 Å². The van der Waals surface area contributed by atoms with Gasteiger partial charge in [-0.25, -0.2) is 26.3 Å². The molecule has 0 atom stereocenters. The van der Waals surface area contributed by atoms with Crippen molar-refractivity contribution in [3.63, 3.8) is 0 Å². The molecule has 2 fully saturated rings. The number of hydrogen-bond acceptors (Lipinski definition) is 1. The highest BCUT2D eigenvalue weighted by Gasteiger charge is 2.42. The number of alkyl halides is 2. The molecule has 0 spiro atoms. The number of halogens is 8. The van der Waals surface area contributed by atoms with Crippen molar-refractivity contribution >= 4 is 0 Å². The van der Waals surface area contributed by atoms with Gasteiger partial charge in [0.25, 0.3) is 0 Å². The van der Waals surface area contributed by atoms with Crippen LogP contribution < -0.4 is 4.74 Å². The molecule has 3 aromatic rings. The molecule has 2 saturated carbocycles. The van der Waals surface area contributed by atoms with E-state index in [4.69, 9.17) is 0 Å². The molecule has 0 saturated heterocycles. The fraction of sp³-hybridized carbons (Fsp3) is 0.438. The standard InChI is InChI=1S/C32H30F8O/c1-17-2-4-18(5-3-17)19-6-8-20(9-7-19)21-10-11-24(25(33)12-21)22-13-26(34)30(27(35)14-22)32(39,40)41-23-15-28(36)31(38)29(37)16-23/h10-20H,2-9H2,1H3. The van der Waals surface area contributed by atoms with Crippen LogP contribution in [-0.2, 0) is 6.11 Å². The predicted octanol–water partition coefficient (Wildman–Crippen LogP) is 10.4. The maximum atomic E-state index is 15.2. The first-order chi connectivity index (χ1) is 19.4. The largest absolute Gasteiger partial charge is 0.432 e. The summed E-state index contributed by atoms with van der Waals surface area (Å²) in [5.74, 6) is -8.58. The van der Waals surface area contributed by atoms with Gasteiger partial charge in [-0.2, -0.15) is 8.78 Å². The molecule has 0 aliphatic heterocycles. The van der Waals surface area contributed by atoms with E-state index in [-0.39, 0.29) is 29.2 Å². The molecule has 0 bridgehead atoms. The molecule has 0 aromatic heterocycles. The lowest BCUT2D eigenvalue weighted by atomic mass is 9.68. The third-order valence-corrected chi connectivity index (χ3v) is 8.81. The maximum absolute atomic E-state index is 15.2. The van der Waals surface area contributed by atoms with E-state index in [1.807, 2.05) is 0 Å². The Morgan fingerprint density at radius 3 is 1.71 bits per heavy atom. The molecular weight excluding hydrogens is 552 g/mol. The van der Waals surface area contributed by atoms with Gasteiger partial charge in [-0.15, -0.1) is 0 Å². The van der Waals surface area contributed by atoms with Gasteiger partial charge in [-0.1, -0.05) is 31.9 Å². The van der Waals surface area contributed by atoms with Crippen LogP contribution in [0.25, 0.3) is 11.1 Å². The highest BCUT2D eigenvalue weighted by Crippen LogP contribution is 2.44. The number of benzene rings is 3. The summed E-state index contributed by atoms with van der Waals surface area (Å²) in [6.45, 7) is 2.30. The van der Waals surface area contributed by atoms with E-state index in [0.29, 0.717) is 18.1 Å². The molecule has 0 N–H and O–H groups in total. The highest BCUT2D eigenvalue weighted by molar-refractivity contribution is 5.65. The van der Waals surface area contributed by atoms with Crippen molar-refractivity contribution < 1.29 is 39.9 Å². The van der Waals surface area contributed by atoms with E-state index in [2.05, 4.69) is 11.7 Å². The first-order valence-corrected chi connectivity index (χ1v) is 13.9. The predicted molar refractivity (Wildman–Crippen MR) is 138 cm³/mol. The molecular formula is C32H30F8O. The minimum Gasteiger partial charge on any atom is -0.429 e. The van der Waals surface area contributed by atoms with Gasteiger partial charge >= 0.3 is 6.11 Å². The summed E-state index contributed by atoms with van der Waals surface area (Å²) in [6.07, 6.45) is 4.41. The third kappa shape index (κ3) is 6.24. The second kappa shape index (κ2) is 11.6. The fourth-order valence-electron chi connectivity index (χ4n) is 6.50. The van der Waals surface area contributed by atoms with E-state index in [0.717, 1.165) is 43.1 Å². The Labute approximate surface area is 233 Å². The Bertz CT molecular complexity index is 1360. The first kappa shape index (κ1) is 29.4. The van der Waals surface area contributed by atoms with Gasteiger partial charge in [0.1, 0.15) is 28.8 Å². The van der Waals surface area contributed by atoms with Gasteiger partial charge in [-0.05, 0) is 91.5 Å². The minimum absolute atomic E-state index is 0.121. The zero-order valence-corrected chi connectivity index (χ0v) is 22.4. The van der Waals surface area contributed by atoms with E-state index in [1.165, 1.54) is 37.8 Å². The molecule has 0 radical (unpaired) electrons. The van der Waals surface area contributed by atoms with Gasteiger partial charge < -0.3 is 4.74 Å². The molecule has 2 aliphatic rings. The van der Waals surface area contributed by atoms with E-state index in [9.17, 15) is 30.7 Å². The smallest absolute Gasteiger partial charge is 0.429 e. The van der Waals surface area contributed by atoms with Crippen LogP contribution in [0.15, 0.2) is 42.5 Å². The van der Waals surface area contributed by atoms with Gasteiger partial charge in [-0.3, -0.25) is 0 Å². The maximum Gasteiger partial charge on any atom is 0.432 e. The Kier molecular flexibility index (Phi) is 8.35. The monoisotopic (exact) mass is 582 g/mol. The van der Waals surface area contributed by atoms with Crippen molar-refractivity contribution in [3.8, 4) is 16.9 Å². The zero-order chi connectivity index (χ0) is 29.5. The second-order valence-electron chi connectivity index (χ2n) is 11.5. The van der Waals surface area contributed by atoms with E-state index >= 15 is 4.39 Å². The van der Waals surface area contributed by atoms with Crippen LogP contribution in [0, 0.1) is 52.7 Å². The Balaban J connectivity index is 1.30. The normalized spacial score (nSPS) is 23.4. The Morgan fingerprint density at radius 2 is 1.17 bits per heavy atom. The average Bonchev–Trinajstić information content (AvgIpc) is 2.91. The van der Waals surface area contributed by atoms with Crippen LogP contribution >= 0.6 is 0 Å². The van der Waals surface area contributed by atoms with Crippen LogP contribution in [0.2, 0.25) is 0 Å². The van der Waals surface area contributed by atoms with E-state index in [1.54, 1.807) is 6.07 Å². The number of rotatable bonds is 6. The molecule has 0 unspecified atom stereocenters. The SMILES string of the molecule is CC1CCC(C2CCC(c3ccc(-c4cc(F)c(C(F)(F)Oc5cc(F)c(F)c(F)c5)c(F)c4)c(F)c3)CC2)CC1. The Hall–Kier alpha value is -3.10. The number of hydrogen-bond donors (Lipinski definition) is 0. The molecule has 5 rings (SSSR count). The summed E-state index contributed by atoms with van der Waals surface area (Å²) < 4.78 is 118. The Morgan fingerprint density at radius 1 is 0.634 bits per heavy atom. The second-order valence-corrected chi connectivity index (χ2v) is 11.5. The van der Waals surface area contributed by atoms with Crippen molar-refractivity contribution in [2.45, 2.75) is 70.3 Å².